The van der Waals surface area contributed by atoms with Gasteiger partial charge in [0.25, 0.3) is 0 Å². The highest BCUT2D eigenvalue weighted by Gasteiger charge is 1.99. The van der Waals surface area contributed by atoms with Crippen LogP contribution in [0.25, 0.3) is 0 Å². The zero-order valence-electron chi connectivity index (χ0n) is 13.7. The van der Waals surface area contributed by atoms with Crippen LogP contribution < -0.4 is 4.72 Å². The highest BCUT2D eigenvalue weighted by atomic mass is 32.2. The molecule has 0 aliphatic carbocycles. The maximum Gasteiger partial charge on any atom is 0.320 e. The molecule has 1 heterocycles. The van der Waals surface area contributed by atoms with Gasteiger partial charge in [-0.1, -0.05) is 11.8 Å². The molecule has 0 unspecified atom stereocenters. The van der Waals surface area contributed by atoms with Gasteiger partial charge in [-0.3, -0.25) is 4.79 Å². The molecule has 126 valence electrons. The molecule has 5 nitrogen and oxygen atoms in total. The molecular formula is C18H21N3O2S. The lowest BCUT2D eigenvalue weighted by Gasteiger charge is -2.02. The second-order valence-electron chi connectivity index (χ2n) is 5.08. The first-order chi connectivity index (χ1) is 11.8. The topological polar surface area (TPSA) is 56.1 Å². The highest BCUT2D eigenvalue weighted by Crippen LogP contribution is 2.14. The number of unbranched alkanes of at least 4 members (excludes halogenated alkanes) is 2. The predicted molar refractivity (Wildman–Crippen MR) is 95.3 cm³/mol. The molecular weight excluding hydrogens is 322 g/mol. The Morgan fingerprint density at radius 1 is 1.33 bits per heavy atom. The first-order valence-electron chi connectivity index (χ1n) is 7.79. The van der Waals surface area contributed by atoms with Crippen LogP contribution in [0.5, 0.6) is 0 Å². The fourth-order valence-electron chi connectivity index (χ4n) is 1.95. The van der Waals surface area contributed by atoms with Crippen molar-refractivity contribution in [2.24, 2.45) is 0 Å². The third-order valence-corrected chi connectivity index (χ3v) is 4.05. The van der Waals surface area contributed by atoms with Gasteiger partial charge in [-0.05, 0) is 49.1 Å². The second kappa shape index (κ2) is 10.5. The number of nitrogens with one attached hydrogen (secondary N) is 1. The average molecular weight is 343 g/mol. The van der Waals surface area contributed by atoms with Crippen molar-refractivity contribution in [2.45, 2.75) is 30.7 Å². The lowest BCUT2D eigenvalue weighted by atomic mass is 10.2. The molecule has 0 fully saturated rings. The highest BCUT2D eigenvalue weighted by molar-refractivity contribution is 7.97. The minimum atomic E-state index is -0.280. The molecule has 0 amide bonds. The minimum absolute atomic E-state index is 0.182. The molecule has 0 radical (unpaired) electrons. The molecule has 24 heavy (non-hydrogen) atoms. The Morgan fingerprint density at radius 3 is 2.88 bits per heavy atom. The lowest BCUT2D eigenvalue weighted by Crippen LogP contribution is -2.17. The number of hydrogen-bond acceptors (Lipinski definition) is 5. The van der Waals surface area contributed by atoms with Gasteiger partial charge < -0.3 is 9.30 Å². The van der Waals surface area contributed by atoms with Crippen molar-refractivity contribution < 1.29 is 9.53 Å². The summed E-state index contributed by atoms with van der Waals surface area (Å²) < 4.78 is 9.59. The number of hydrogen-bond donors (Lipinski definition) is 1. The molecule has 2 rings (SSSR count). The smallest absolute Gasteiger partial charge is 0.320 e. The second-order valence-corrected chi connectivity index (χ2v) is 6.05. The summed E-state index contributed by atoms with van der Waals surface area (Å²) in [7, 11) is 1.37. The maximum absolute atomic E-state index is 11.0. The van der Waals surface area contributed by atoms with Gasteiger partial charge in [-0.15, -0.1) is 0 Å². The van der Waals surface area contributed by atoms with Crippen LogP contribution in [0, 0.1) is 11.8 Å². The summed E-state index contributed by atoms with van der Waals surface area (Å²) in [5.41, 5.74) is 1.00. The van der Waals surface area contributed by atoms with Gasteiger partial charge in [0, 0.05) is 35.8 Å². The zero-order valence-corrected chi connectivity index (χ0v) is 14.5. The molecule has 0 aliphatic rings. The van der Waals surface area contributed by atoms with Crippen molar-refractivity contribution in [1.29, 1.82) is 0 Å². The van der Waals surface area contributed by atoms with Crippen LogP contribution >= 0.6 is 11.9 Å². The van der Waals surface area contributed by atoms with Gasteiger partial charge in [0.15, 0.2) is 0 Å². The Morgan fingerprint density at radius 2 is 2.17 bits per heavy atom. The van der Waals surface area contributed by atoms with Crippen LogP contribution in [0.3, 0.4) is 0 Å². The number of aromatic nitrogens is 2. The Labute approximate surface area is 146 Å². The van der Waals surface area contributed by atoms with Gasteiger partial charge in [-0.25, -0.2) is 9.71 Å². The van der Waals surface area contributed by atoms with Crippen LogP contribution in [0.15, 0.2) is 47.9 Å². The summed E-state index contributed by atoms with van der Waals surface area (Å²) >= 11 is 1.40. The molecule has 1 aromatic carbocycles. The van der Waals surface area contributed by atoms with E-state index in [1.807, 2.05) is 36.8 Å². The zero-order chi connectivity index (χ0) is 17.0. The monoisotopic (exact) mass is 343 g/mol. The number of benzene rings is 1. The number of esters is 1. The Hall–Kier alpha value is -2.23. The fraction of sp³-hybridized carbons (Fsp3) is 0.333. The van der Waals surface area contributed by atoms with E-state index in [1.165, 1.54) is 19.1 Å². The Kier molecular flexibility index (Phi) is 7.94. The number of methoxy groups -OCH3 is 1. The lowest BCUT2D eigenvalue weighted by molar-refractivity contribution is -0.139. The molecule has 0 spiro atoms. The summed E-state index contributed by atoms with van der Waals surface area (Å²) in [6, 6.07) is 7.94. The van der Waals surface area contributed by atoms with E-state index >= 15 is 0 Å². The number of carbonyl (C=O) groups is 1. The quantitative estimate of drug-likeness (QED) is 0.346. The molecule has 1 aromatic heterocycles. The summed E-state index contributed by atoms with van der Waals surface area (Å²) in [5.74, 6) is 6.10. The van der Waals surface area contributed by atoms with Gasteiger partial charge in [0.1, 0.15) is 6.54 Å². The van der Waals surface area contributed by atoms with Crippen LogP contribution in [-0.2, 0) is 16.1 Å². The van der Waals surface area contributed by atoms with E-state index in [2.05, 4.69) is 30.9 Å². The predicted octanol–water partition coefficient (Wildman–Crippen LogP) is 2.87. The van der Waals surface area contributed by atoms with E-state index in [0.29, 0.717) is 0 Å². The molecule has 2 aromatic rings. The molecule has 0 bridgehead atoms. The SMILES string of the molecule is COC(=O)CNSc1ccc(C#CCCCCn2ccnc2)cc1. The van der Waals surface area contributed by atoms with Gasteiger partial charge in [-0.2, -0.15) is 0 Å². The van der Waals surface area contributed by atoms with Crippen molar-refractivity contribution in [3.8, 4) is 11.8 Å². The van der Waals surface area contributed by atoms with Gasteiger partial charge in [0.05, 0.1) is 13.4 Å². The first-order valence-corrected chi connectivity index (χ1v) is 8.61. The van der Waals surface area contributed by atoms with Crippen molar-refractivity contribution in [3.05, 3.63) is 48.5 Å². The summed E-state index contributed by atoms with van der Waals surface area (Å²) in [6.45, 7) is 1.17. The molecule has 6 heteroatoms. The third kappa shape index (κ3) is 6.90. The minimum Gasteiger partial charge on any atom is -0.468 e. The Bertz CT molecular complexity index is 673. The number of aryl methyl sites for hydroxylation is 1. The van der Waals surface area contributed by atoms with Gasteiger partial charge in [0.2, 0.25) is 0 Å². The van der Waals surface area contributed by atoms with E-state index in [0.717, 1.165) is 36.3 Å². The number of imidazole rings is 1. The molecule has 0 atom stereocenters. The number of rotatable bonds is 8. The van der Waals surface area contributed by atoms with Crippen molar-refractivity contribution in [1.82, 2.24) is 14.3 Å². The Balaban J connectivity index is 1.65. The molecule has 0 saturated carbocycles. The average Bonchev–Trinajstić information content (AvgIpc) is 3.12. The van der Waals surface area contributed by atoms with E-state index in [-0.39, 0.29) is 12.5 Å². The van der Waals surface area contributed by atoms with Crippen LogP contribution in [0.2, 0.25) is 0 Å². The molecule has 0 aliphatic heterocycles. The number of nitrogens with zero attached hydrogens (tertiary/aromatic N) is 2. The molecule has 0 saturated heterocycles. The van der Waals surface area contributed by atoms with E-state index < -0.39 is 0 Å². The summed E-state index contributed by atoms with van der Waals surface area (Å²) in [5, 5.41) is 0. The van der Waals surface area contributed by atoms with E-state index in [1.54, 1.807) is 6.20 Å². The fourth-order valence-corrected chi connectivity index (χ4v) is 2.58. The standard InChI is InChI=1S/C18H21N3O2S/c1-23-18(22)14-20-24-17-9-7-16(8-10-17)6-4-2-3-5-12-21-13-11-19-15-21/h7-11,13,15,20H,2-3,5,12,14H2,1H3. The van der Waals surface area contributed by atoms with Crippen LogP contribution in [-0.4, -0.2) is 29.2 Å². The molecule has 1 N–H and O–H groups in total. The number of carbonyl (C=O) groups excluding carboxylic acids is 1. The largest absolute Gasteiger partial charge is 0.468 e. The van der Waals surface area contributed by atoms with Crippen molar-refractivity contribution in [2.75, 3.05) is 13.7 Å². The van der Waals surface area contributed by atoms with E-state index in [4.69, 9.17) is 0 Å². The van der Waals surface area contributed by atoms with Crippen molar-refractivity contribution in [3.63, 3.8) is 0 Å². The van der Waals surface area contributed by atoms with E-state index in [9.17, 15) is 4.79 Å². The van der Waals surface area contributed by atoms with Crippen molar-refractivity contribution >= 4 is 17.9 Å². The summed E-state index contributed by atoms with van der Waals surface area (Å²) in [6.07, 6.45) is 8.69. The maximum atomic E-state index is 11.0. The first kappa shape index (κ1) is 18.1. The van der Waals surface area contributed by atoms with Gasteiger partial charge >= 0.3 is 5.97 Å². The normalized spacial score (nSPS) is 10.0. The van der Waals surface area contributed by atoms with Crippen LogP contribution in [0.4, 0.5) is 0 Å². The third-order valence-electron chi connectivity index (χ3n) is 3.25. The summed E-state index contributed by atoms with van der Waals surface area (Å²) in [4.78, 5) is 16.0. The van der Waals surface area contributed by atoms with Crippen LogP contribution in [0.1, 0.15) is 24.8 Å². The number of ether oxygens (including phenoxy) is 1.